The summed E-state index contributed by atoms with van der Waals surface area (Å²) in [4.78, 5) is 28.4. The topological polar surface area (TPSA) is 53.2 Å². The summed E-state index contributed by atoms with van der Waals surface area (Å²) >= 11 is 0. The minimum atomic E-state index is -0.00307. The van der Waals surface area contributed by atoms with Gasteiger partial charge in [0, 0.05) is 36.4 Å². The lowest BCUT2D eigenvalue weighted by Gasteiger charge is -2.08. The Morgan fingerprint density at radius 3 is 2.58 bits per heavy atom. The van der Waals surface area contributed by atoms with Crippen molar-refractivity contribution >= 4 is 22.5 Å². The SMILES string of the molecule is CC(=O)c1cc2cc(C(=O)CCN(C)C)ccc2[nH]1. The van der Waals surface area contributed by atoms with Gasteiger partial charge in [-0.3, -0.25) is 9.59 Å². The highest BCUT2D eigenvalue weighted by Crippen LogP contribution is 2.18. The fourth-order valence-electron chi connectivity index (χ4n) is 1.97. The highest BCUT2D eigenvalue weighted by Gasteiger charge is 2.09. The van der Waals surface area contributed by atoms with Crippen LogP contribution in [0.15, 0.2) is 24.3 Å². The molecule has 0 spiro atoms. The minimum absolute atomic E-state index is 0.00307. The molecule has 1 heterocycles. The minimum Gasteiger partial charge on any atom is -0.352 e. The molecule has 0 fully saturated rings. The molecule has 0 radical (unpaired) electrons. The number of nitrogens with one attached hydrogen (secondary N) is 1. The van der Waals surface area contributed by atoms with Gasteiger partial charge in [0.2, 0.25) is 0 Å². The normalized spacial score (nSPS) is 11.2. The van der Waals surface area contributed by atoms with Crippen molar-refractivity contribution in [2.75, 3.05) is 20.6 Å². The first kappa shape index (κ1) is 13.5. The maximum absolute atomic E-state index is 12.0. The fraction of sp³-hybridized carbons (Fsp3) is 0.333. The van der Waals surface area contributed by atoms with Gasteiger partial charge in [-0.2, -0.15) is 0 Å². The van der Waals surface area contributed by atoms with Gasteiger partial charge in [-0.1, -0.05) is 0 Å². The molecule has 1 aromatic carbocycles. The summed E-state index contributed by atoms with van der Waals surface area (Å²) in [5.74, 6) is 0.123. The van der Waals surface area contributed by atoms with Crippen molar-refractivity contribution in [1.82, 2.24) is 9.88 Å². The van der Waals surface area contributed by atoms with Gasteiger partial charge in [-0.25, -0.2) is 0 Å². The molecule has 1 N–H and O–H groups in total. The zero-order valence-electron chi connectivity index (χ0n) is 11.5. The number of hydrogen-bond acceptors (Lipinski definition) is 3. The third kappa shape index (κ3) is 3.09. The first-order chi connectivity index (χ1) is 8.97. The summed E-state index contributed by atoms with van der Waals surface area (Å²) in [7, 11) is 3.89. The van der Waals surface area contributed by atoms with Crippen LogP contribution in [0.5, 0.6) is 0 Å². The van der Waals surface area contributed by atoms with Gasteiger partial charge in [0.05, 0.1) is 5.69 Å². The van der Waals surface area contributed by atoms with Crippen LogP contribution in [-0.2, 0) is 0 Å². The van der Waals surface area contributed by atoms with Crippen molar-refractivity contribution in [3.63, 3.8) is 0 Å². The summed E-state index contributed by atoms with van der Waals surface area (Å²) in [6.45, 7) is 2.26. The Bertz CT molecular complexity index is 626. The van der Waals surface area contributed by atoms with Gasteiger partial charge < -0.3 is 9.88 Å². The Labute approximate surface area is 112 Å². The maximum Gasteiger partial charge on any atom is 0.175 e. The van der Waals surface area contributed by atoms with E-state index >= 15 is 0 Å². The summed E-state index contributed by atoms with van der Waals surface area (Å²) in [5, 5.41) is 0.904. The number of nitrogens with zero attached hydrogens (tertiary/aromatic N) is 1. The lowest BCUT2D eigenvalue weighted by atomic mass is 10.1. The number of fused-ring (bicyclic) bond motifs is 1. The smallest absolute Gasteiger partial charge is 0.175 e. The van der Waals surface area contributed by atoms with E-state index in [0.29, 0.717) is 17.7 Å². The second-order valence-corrected chi connectivity index (χ2v) is 5.02. The van der Waals surface area contributed by atoms with Crippen LogP contribution in [0.1, 0.15) is 34.2 Å². The molecule has 2 aromatic rings. The van der Waals surface area contributed by atoms with E-state index in [-0.39, 0.29) is 11.6 Å². The number of benzene rings is 1. The Morgan fingerprint density at radius 2 is 1.95 bits per heavy atom. The van der Waals surface area contributed by atoms with Gasteiger partial charge in [0.25, 0.3) is 0 Å². The highest BCUT2D eigenvalue weighted by molar-refractivity contribution is 6.02. The predicted octanol–water partition coefficient (Wildman–Crippen LogP) is 2.50. The van der Waals surface area contributed by atoms with Crippen molar-refractivity contribution in [2.45, 2.75) is 13.3 Å². The van der Waals surface area contributed by atoms with Crippen molar-refractivity contribution in [1.29, 1.82) is 0 Å². The molecule has 0 aliphatic rings. The van der Waals surface area contributed by atoms with Crippen molar-refractivity contribution < 1.29 is 9.59 Å². The standard InChI is InChI=1S/C15H18N2O2/c1-10(18)14-9-12-8-11(4-5-13(12)16-14)15(19)6-7-17(2)3/h4-5,8-9,16H,6-7H2,1-3H3. The van der Waals surface area contributed by atoms with Crippen LogP contribution >= 0.6 is 0 Å². The molecule has 4 nitrogen and oxygen atoms in total. The highest BCUT2D eigenvalue weighted by atomic mass is 16.1. The molecule has 0 saturated heterocycles. The molecular weight excluding hydrogens is 240 g/mol. The Kier molecular flexibility index (Phi) is 3.81. The van der Waals surface area contributed by atoms with E-state index < -0.39 is 0 Å². The fourth-order valence-corrected chi connectivity index (χ4v) is 1.97. The molecule has 0 aliphatic carbocycles. The van der Waals surface area contributed by atoms with Crippen molar-refractivity contribution in [2.24, 2.45) is 0 Å². The van der Waals surface area contributed by atoms with Crippen molar-refractivity contribution in [3.8, 4) is 0 Å². The number of aromatic nitrogens is 1. The van der Waals surface area contributed by atoms with Crippen LogP contribution in [0.25, 0.3) is 10.9 Å². The van der Waals surface area contributed by atoms with Crippen LogP contribution in [0.4, 0.5) is 0 Å². The predicted molar refractivity (Wildman–Crippen MR) is 75.8 cm³/mol. The summed E-state index contributed by atoms with van der Waals surface area (Å²) in [6.07, 6.45) is 0.502. The van der Waals surface area contributed by atoms with Gasteiger partial charge in [0.1, 0.15) is 0 Å². The molecule has 0 atom stereocenters. The largest absolute Gasteiger partial charge is 0.352 e. The number of rotatable bonds is 5. The number of carbonyl (C=O) groups excluding carboxylic acids is 2. The lowest BCUT2D eigenvalue weighted by molar-refractivity contribution is 0.0971. The van der Waals surface area contributed by atoms with E-state index in [1.54, 1.807) is 12.1 Å². The maximum atomic E-state index is 12.0. The van der Waals surface area contributed by atoms with Crippen LogP contribution in [0.2, 0.25) is 0 Å². The van der Waals surface area contributed by atoms with Crippen LogP contribution < -0.4 is 0 Å². The first-order valence-electron chi connectivity index (χ1n) is 6.29. The molecular formula is C15H18N2O2. The van der Waals surface area contributed by atoms with Crippen LogP contribution in [0, 0.1) is 0 Å². The van der Waals surface area contributed by atoms with E-state index in [4.69, 9.17) is 0 Å². The molecule has 0 amide bonds. The number of hydrogen-bond donors (Lipinski definition) is 1. The first-order valence-corrected chi connectivity index (χ1v) is 6.29. The number of carbonyl (C=O) groups is 2. The number of Topliss-reactive ketones (excluding diaryl/α,β-unsaturated/α-hetero) is 2. The molecule has 0 bridgehead atoms. The van der Waals surface area contributed by atoms with E-state index in [2.05, 4.69) is 4.98 Å². The number of H-pyrrole nitrogens is 1. The molecule has 100 valence electrons. The Hall–Kier alpha value is -1.94. The number of ketones is 2. The van der Waals surface area contributed by atoms with Gasteiger partial charge >= 0.3 is 0 Å². The summed E-state index contributed by atoms with van der Waals surface area (Å²) in [5.41, 5.74) is 2.16. The molecule has 19 heavy (non-hydrogen) atoms. The molecule has 0 saturated carbocycles. The van der Waals surface area contributed by atoms with Crippen molar-refractivity contribution in [3.05, 3.63) is 35.5 Å². The average molecular weight is 258 g/mol. The van der Waals surface area contributed by atoms with E-state index in [9.17, 15) is 9.59 Å². The molecule has 2 rings (SSSR count). The zero-order valence-corrected chi connectivity index (χ0v) is 11.5. The molecule has 0 unspecified atom stereocenters. The monoisotopic (exact) mass is 258 g/mol. The summed E-state index contributed by atoms with van der Waals surface area (Å²) in [6, 6.07) is 7.29. The molecule has 1 aromatic heterocycles. The third-order valence-corrected chi connectivity index (χ3v) is 3.11. The van der Waals surface area contributed by atoms with Crippen LogP contribution in [-0.4, -0.2) is 42.1 Å². The third-order valence-electron chi connectivity index (χ3n) is 3.11. The van der Waals surface area contributed by atoms with Crippen LogP contribution in [0.3, 0.4) is 0 Å². The Morgan fingerprint density at radius 1 is 1.21 bits per heavy atom. The van der Waals surface area contributed by atoms with E-state index in [1.165, 1.54) is 6.92 Å². The van der Waals surface area contributed by atoms with Gasteiger partial charge in [-0.15, -0.1) is 0 Å². The van der Waals surface area contributed by atoms with Gasteiger partial charge in [0.15, 0.2) is 11.6 Å². The lowest BCUT2D eigenvalue weighted by Crippen LogP contribution is -2.16. The number of aromatic amines is 1. The summed E-state index contributed by atoms with van der Waals surface area (Å²) < 4.78 is 0. The molecule has 0 aliphatic heterocycles. The van der Waals surface area contributed by atoms with E-state index in [1.807, 2.05) is 31.1 Å². The molecule has 4 heteroatoms. The van der Waals surface area contributed by atoms with E-state index in [0.717, 1.165) is 17.4 Å². The second-order valence-electron chi connectivity index (χ2n) is 5.02. The van der Waals surface area contributed by atoms with Gasteiger partial charge in [-0.05, 0) is 38.4 Å². The quantitative estimate of drug-likeness (QED) is 0.838. The Balaban J connectivity index is 2.25. The zero-order chi connectivity index (χ0) is 14.0. The second kappa shape index (κ2) is 5.36. The average Bonchev–Trinajstić information content (AvgIpc) is 2.78.